The van der Waals surface area contributed by atoms with E-state index in [1.807, 2.05) is 0 Å². The predicted octanol–water partition coefficient (Wildman–Crippen LogP) is 5.47. The fraction of sp³-hybridized carbons (Fsp3) is 0.974. The van der Waals surface area contributed by atoms with Crippen LogP contribution in [0.4, 0.5) is 0 Å². The van der Waals surface area contributed by atoms with Gasteiger partial charge in [-0.2, -0.15) is 0 Å². The fourth-order valence-electron chi connectivity index (χ4n) is 4.51. The molecule has 0 saturated carbocycles. The molecule has 0 aromatic heterocycles. The molecule has 0 N–H and O–H groups in total. The van der Waals surface area contributed by atoms with Crippen molar-refractivity contribution in [3.63, 3.8) is 0 Å². The van der Waals surface area contributed by atoms with Crippen molar-refractivity contribution in [3.8, 4) is 0 Å². The quantitative estimate of drug-likeness (QED) is 0.0330. The van der Waals surface area contributed by atoms with Crippen LogP contribution < -0.4 is 0 Å². The van der Waals surface area contributed by atoms with Crippen molar-refractivity contribution in [2.24, 2.45) is 0 Å². The SMILES string of the molecule is CCCCCCCCC(=O)OCCOCCOCCOCCOCCOCCOCCOCCOCCOCCOCCOCCOCCCCCCI. The molecule has 15 heteroatoms. The van der Waals surface area contributed by atoms with E-state index in [-0.39, 0.29) is 12.6 Å². The van der Waals surface area contributed by atoms with Crippen molar-refractivity contribution in [1.82, 2.24) is 0 Å². The highest BCUT2D eigenvalue weighted by atomic mass is 127. The topological polar surface area (TPSA) is 137 Å². The van der Waals surface area contributed by atoms with E-state index in [0.29, 0.717) is 158 Å². The largest absolute Gasteiger partial charge is 0.463 e. The highest BCUT2D eigenvalue weighted by molar-refractivity contribution is 14.1. The van der Waals surface area contributed by atoms with Gasteiger partial charge in [0.15, 0.2) is 0 Å². The summed E-state index contributed by atoms with van der Waals surface area (Å²) in [5, 5.41) is 0. The van der Waals surface area contributed by atoms with Gasteiger partial charge in [-0.3, -0.25) is 4.79 Å². The summed E-state index contributed by atoms with van der Waals surface area (Å²) < 4.78 is 72.4. The maximum absolute atomic E-state index is 11.7. The number of carbonyl (C=O) groups excluding carboxylic acids is 1. The summed E-state index contributed by atoms with van der Waals surface area (Å²) in [6.07, 6.45) is 12.4. The Morgan fingerprint density at radius 2 is 0.574 bits per heavy atom. The highest BCUT2D eigenvalue weighted by Gasteiger charge is 2.03. The van der Waals surface area contributed by atoms with E-state index in [1.165, 1.54) is 49.4 Å². The van der Waals surface area contributed by atoms with Gasteiger partial charge in [-0.25, -0.2) is 0 Å². The Kier molecular flexibility index (Phi) is 50.5. The van der Waals surface area contributed by atoms with Gasteiger partial charge in [0.05, 0.1) is 152 Å². The summed E-state index contributed by atoms with van der Waals surface area (Å²) in [5.41, 5.74) is 0. The molecule has 0 bridgehead atoms. The Hall–Kier alpha value is -0.280. The third-order valence-corrected chi connectivity index (χ3v) is 8.25. The summed E-state index contributed by atoms with van der Waals surface area (Å²) in [4.78, 5) is 11.7. The Morgan fingerprint density at radius 1 is 0.315 bits per heavy atom. The standard InChI is InChI=1S/C39H77IO14/c1-2-3-4-5-6-9-12-39(41)54-38-37-53-36-35-52-34-33-51-32-31-50-30-29-49-28-27-48-26-25-47-24-23-46-22-21-45-20-19-44-18-17-43-16-15-42-14-11-8-7-10-13-40/h2-38H2,1H3. The molecular weight excluding hydrogens is 819 g/mol. The van der Waals surface area contributed by atoms with Gasteiger partial charge >= 0.3 is 5.97 Å². The fourth-order valence-corrected chi connectivity index (χ4v) is 5.05. The molecule has 0 aliphatic heterocycles. The first kappa shape index (κ1) is 53.7. The second-order valence-corrected chi connectivity index (χ2v) is 13.3. The van der Waals surface area contributed by atoms with E-state index in [1.54, 1.807) is 0 Å². The van der Waals surface area contributed by atoms with Crippen LogP contribution in [-0.4, -0.2) is 176 Å². The molecular formula is C39H77IO14. The number of hydrogen-bond donors (Lipinski definition) is 0. The number of alkyl halides is 1. The van der Waals surface area contributed by atoms with E-state index in [9.17, 15) is 4.79 Å². The zero-order valence-electron chi connectivity index (χ0n) is 33.8. The summed E-state index contributed by atoms with van der Waals surface area (Å²) in [6, 6.07) is 0. The van der Waals surface area contributed by atoms with Crippen LogP contribution in [0.1, 0.15) is 77.6 Å². The molecule has 324 valence electrons. The van der Waals surface area contributed by atoms with Gasteiger partial charge in [0.2, 0.25) is 0 Å². The van der Waals surface area contributed by atoms with Gasteiger partial charge in [-0.15, -0.1) is 0 Å². The van der Waals surface area contributed by atoms with Crippen LogP contribution in [-0.2, 0) is 66.4 Å². The average molecular weight is 897 g/mol. The number of rotatable bonds is 49. The van der Waals surface area contributed by atoms with Gasteiger partial charge in [0.25, 0.3) is 0 Å². The summed E-state index contributed by atoms with van der Waals surface area (Å²) in [6.45, 7) is 15.1. The second kappa shape index (κ2) is 50.7. The normalized spacial score (nSPS) is 11.5. The molecule has 0 amide bonds. The molecule has 0 rings (SSSR count). The number of halogens is 1. The lowest BCUT2D eigenvalue weighted by molar-refractivity contribution is -0.145. The number of hydrogen-bond acceptors (Lipinski definition) is 14. The number of carbonyl (C=O) groups is 1. The van der Waals surface area contributed by atoms with Crippen LogP contribution in [0.2, 0.25) is 0 Å². The van der Waals surface area contributed by atoms with Crippen molar-refractivity contribution < 1.29 is 66.4 Å². The lowest BCUT2D eigenvalue weighted by Gasteiger charge is -2.09. The van der Waals surface area contributed by atoms with Crippen LogP contribution in [0, 0.1) is 0 Å². The maximum Gasteiger partial charge on any atom is 0.305 e. The van der Waals surface area contributed by atoms with E-state index < -0.39 is 0 Å². The second-order valence-electron chi connectivity index (χ2n) is 12.2. The van der Waals surface area contributed by atoms with Crippen LogP contribution >= 0.6 is 22.6 Å². The molecule has 54 heavy (non-hydrogen) atoms. The minimum absolute atomic E-state index is 0.143. The number of unbranched alkanes of at least 4 members (excludes halogenated alkanes) is 8. The van der Waals surface area contributed by atoms with Crippen LogP contribution in [0.15, 0.2) is 0 Å². The minimum atomic E-state index is -0.143. The van der Waals surface area contributed by atoms with E-state index in [4.69, 9.17) is 61.6 Å². The molecule has 0 aromatic rings. The first-order chi connectivity index (χ1) is 26.8. The van der Waals surface area contributed by atoms with Crippen molar-refractivity contribution >= 4 is 28.6 Å². The van der Waals surface area contributed by atoms with E-state index in [0.717, 1.165) is 25.9 Å². The van der Waals surface area contributed by atoms with Crippen LogP contribution in [0.25, 0.3) is 0 Å². The summed E-state index contributed by atoms with van der Waals surface area (Å²) >= 11 is 2.42. The molecule has 0 aliphatic carbocycles. The Balaban J connectivity index is 3.09. The van der Waals surface area contributed by atoms with Crippen LogP contribution in [0.5, 0.6) is 0 Å². The van der Waals surface area contributed by atoms with Gasteiger partial charge in [-0.05, 0) is 23.7 Å². The molecule has 0 fully saturated rings. The summed E-state index contributed by atoms with van der Waals surface area (Å²) in [5.74, 6) is -0.143. The molecule has 0 radical (unpaired) electrons. The molecule has 0 spiro atoms. The highest BCUT2D eigenvalue weighted by Crippen LogP contribution is 2.07. The Bertz CT molecular complexity index is 698. The van der Waals surface area contributed by atoms with Crippen molar-refractivity contribution in [1.29, 1.82) is 0 Å². The third-order valence-electron chi connectivity index (χ3n) is 7.49. The minimum Gasteiger partial charge on any atom is -0.463 e. The predicted molar refractivity (Wildman–Crippen MR) is 216 cm³/mol. The van der Waals surface area contributed by atoms with Gasteiger partial charge in [0, 0.05) is 13.0 Å². The first-order valence-electron chi connectivity index (χ1n) is 20.5. The van der Waals surface area contributed by atoms with E-state index >= 15 is 0 Å². The smallest absolute Gasteiger partial charge is 0.305 e. The number of esters is 1. The van der Waals surface area contributed by atoms with Crippen molar-refractivity contribution in [2.45, 2.75) is 77.6 Å². The van der Waals surface area contributed by atoms with Crippen LogP contribution in [0.3, 0.4) is 0 Å². The van der Waals surface area contributed by atoms with Gasteiger partial charge in [-0.1, -0.05) is 74.5 Å². The van der Waals surface area contributed by atoms with Crippen molar-refractivity contribution in [3.05, 3.63) is 0 Å². The lowest BCUT2D eigenvalue weighted by atomic mass is 10.1. The monoisotopic (exact) mass is 896 g/mol. The van der Waals surface area contributed by atoms with Crippen molar-refractivity contribution in [2.75, 3.05) is 170 Å². The first-order valence-corrected chi connectivity index (χ1v) is 22.0. The molecule has 0 aliphatic rings. The van der Waals surface area contributed by atoms with Gasteiger partial charge in [0.1, 0.15) is 6.61 Å². The molecule has 0 unspecified atom stereocenters. The number of ether oxygens (including phenoxy) is 13. The molecule has 0 heterocycles. The average Bonchev–Trinajstić information content (AvgIpc) is 3.18. The Morgan fingerprint density at radius 3 is 0.907 bits per heavy atom. The zero-order valence-corrected chi connectivity index (χ0v) is 35.9. The lowest BCUT2D eigenvalue weighted by Crippen LogP contribution is -2.15. The summed E-state index contributed by atoms with van der Waals surface area (Å²) in [7, 11) is 0. The Labute approximate surface area is 341 Å². The maximum atomic E-state index is 11.7. The third kappa shape index (κ3) is 49.7. The van der Waals surface area contributed by atoms with E-state index in [2.05, 4.69) is 29.5 Å². The molecule has 0 saturated heterocycles. The van der Waals surface area contributed by atoms with Gasteiger partial charge < -0.3 is 61.6 Å². The molecule has 0 atom stereocenters. The molecule has 14 nitrogen and oxygen atoms in total. The zero-order chi connectivity index (χ0) is 38.9. The molecule has 0 aromatic carbocycles.